The van der Waals surface area contributed by atoms with Crippen LogP contribution in [0.4, 0.5) is 0 Å². The second-order valence-electron chi connectivity index (χ2n) is 8.28. The highest BCUT2D eigenvalue weighted by atomic mass is 16.6. The van der Waals surface area contributed by atoms with E-state index in [-0.39, 0.29) is 11.8 Å². The van der Waals surface area contributed by atoms with Gasteiger partial charge in [-0.25, -0.2) is 9.59 Å². The van der Waals surface area contributed by atoms with Crippen LogP contribution in [0.5, 0.6) is 11.5 Å². The van der Waals surface area contributed by atoms with Gasteiger partial charge in [0.05, 0.1) is 25.3 Å². The molecule has 0 spiro atoms. The summed E-state index contributed by atoms with van der Waals surface area (Å²) in [5.41, 5.74) is 3.09. The molecule has 2 aliphatic carbocycles. The van der Waals surface area contributed by atoms with Crippen molar-refractivity contribution in [3.63, 3.8) is 0 Å². The van der Waals surface area contributed by atoms with Gasteiger partial charge in [-0.2, -0.15) is 0 Å². The molecule has 33 heavy (non-hydrogen) atoms. The Balaban J connectivity index is 1.43. The number of hydrogen-bond acceptors (Lipinski definition) is 6. The Morgan fingerprint density at radius 3 is 1.55 bits per heavy atom. The van der Waals surface area contributed by atoms with Gasteiger partial charge in [0.2, 0.25) is 0 Å². The molecule has 6 nitrogen and oxygen atoms in total. The van der Waals surface area contributed by atoms with Gasteiger partial charge in [-0.3, -0.25) is 0 Å². The molecule has 0 N–H and O–H groups in total. The third-order valence-corrected chi connectivity index (χ3v) is 6.52. The van der Waals surface area contributed by atoms with E-state index < -0.39 is 24.1 Å². The Bertz CT molecular complexity index is 1110. The van der Waals surface area contributed by atoms with Crippen LogP contribution in [0.1, 0.15) is 50.1 Å². The van der Waals surface area contributed by atoms with Crippen LogP contribution < -0.4 is 9.47 Å². The SMILES string of the molecule is COc1cccc(C(=O)O[C@@H]2C3CC(c4ccccc43)[C@@H]2OC(=O)c2cccc(OC)c2)c1. The smallest absolute Gasteiger partial charge is 0.338 e. The van der Waals surface area contributed by atoms with Gasteiger partial charge in [0.1, 0.15) is 23.7 Å². The van der Waals surface area contributed by atoms with Crippen molar-refractivity contribution in [1.29, 1.82) is 0 Å². The molecule has 0 heterocycles. The van der Waals surface area contributed by atoms with Crippen LogP contribution in [0.3, 0.4) is 0 Å². The fraction of sp³-hybridized carbons (Fsp3) is 0.259. The number of methoxy groups -OCH3 is 2. The van der Waals surface area contributed by atoms with Crippen molar-refractivity contribution < 1.29 is 28.5 Å². The summed E-state index contributed by atoms with van der Waals surface area (Å²) in [6.07, 6.45) is -0.373. The van der Waals surface area contributed by atoms with Gasteiger partial charge in [0.15, 0.2) is 0 Å². The van der Waals surface area contributed by atoms with Gasteiger partial charge < -0.3 is 18.9 Å². The highest BCUT2D eigenvalue weighted by Gasteiger charge is 2.55. The fourth-order valence-electron chi connectivity index (χ4n) is 4.98. The summed E-state index contributed by atoms with van der Waals surface area (Å²) in [6, 6.07) is 21.8. The predicted molar refractivity (Wildman–Crippen MR) is 121 cm³/mol. The lowest BCUT2D eigenvalue weighted by atomic mass is 9.87. The van der Waals surface area contributed by atoms with E-state index in [2.05, 4.69) is 12.1 Å². The van der Waals surface area contributed by atoms with Crippen LogP contribution in [-0.4, -0.2) is 38.4 Å². The van der Waals surface area contributed by atoms with Crippen molar-refractivity contribution in [1.82, 2.24) is 0 Å². The lowest BCUT2D eigenvalue weighted by molar-refractivity contribution is -0.0348. The molecule has 1 saturated carbocycles. The van der Waals surface area contributed by atoms with Crippen LogP contribution in [-0.2, 0) is 9.47 Å². The van der Waals surface area contributed by atoms with Gasteiger partial charge in [0.25, 0.3) is 0 Å². The third-order valence-electron chi connectivity index (χ3n) is 6.52. The fourth-order valence-corrected chi connectivity index (χ4v) is 4.98. The second-order valence-corrected chi connectivity index (χ2v) is 8.28. The molecular weight excluding hydrogens is 420 g/mol. The predicted octanol–water partition coefficient (Wildman–Crippen LogP) is 4.74. The van der Waals surface area contributed by atoms with Crippen LogP contribution in [0.2, 0.25) is 0 Å². The molecule has 0 aromatic heterocycles. The molecule has 0 radical (unpaired) electrons. The number of esters is 2. The molecular formula is C27H24O6. The summed E-state index contributed by atoms with van der Waals surface area (Å²) in [4.78, 5) is 26.0. The zero-order valence-electron chi connectivity index (χ0n) is 18.4. The molecule has 6 heteroatoms. The van der Waals surface area contributed by atoms with Crippen molar-refractivity contribution in [2.75, 3.05) is 14.2 Å². The molecule has 2 bridgehead atoms. The highest BCUT2D eigenvalue weighted by Crippen LogP contribution is 2.55. The molecule has 2 aliphatic rings. The number of hydrogen-bond donors (Lipinski definition) is 0. The maximum Gasteiger partial charge on any atom is 0.338 e. The van der Waals surface area contributed by atoms with E-state index in [9.17, 15) is 9.59 Å². The first-order chi connectivity index (χ1) is 16.1. The van der Waals surface area contributed by atoms with Gasteiger partial charge in [0, 0.05) is 11.8 Å². The summed E-state index contributed by atoms with van der Waals surface area (Å²) < 4.78 is 22.4. The topological polar surface area (TPSA) is 71.1 Å². The Morgan fingerprint density at radius 2 is 1.12 bits per heavy atom. The van der Waals surface area contributed by atoms with Gasteiger partial charge >= 0.3 is 11.9 Å². The molecule has 3 aromatic carbocycles. The maximum absolute atomic E-state index is 13.0. The molecule has 0 amide bonds. The van der Waals surface area contributed by atoms with Crippen molar-refractivity contribution in [2.24, 2.45) is 0 Å². The molecule has 4 atom stereocenters. The minimum absolute atomic E-state index is 0.0242. The zero-order chi connectivity index (χ0) is 22.9. The standard InChI is InChI=1S/C27H24O6/c1-30-18-9-5-7-16(13-18)26(28)32-24-22-15-23(21-12-4-3-11-20(21)22)25(24)33-27(29)17-8-6-10-19(14-17)31-2/h3-14,22-25H,15H2,1-2H3/t22?,23?,24-,25+. The molecule has 0 aliphatic heterocycles. The summed E-state index contributed by atoms with van der Waals surface area (Å²) in [5, 5.41) is 0. The number of ether oxygens (including phenoxy) is 4. The number of benzene rings is 3. The molecule has 5 rings (SSSR count). The van der Waals surface area contributed by atoms with E-state index in [1.165, 1.54) is 0 Å². The molecule has 0 saturated heterocycles. The van der Waals surface area contributed by atoms with Crippen molar-refractivity contribution in [3.8, 4) is 11.5 Å². The number of carbonyl (C=O) groups is 2. The number of fused-ring (bicyclic) bond motifs is 5. The van der Waals surface area contributed by atoms with E-state index in [1.54, 1.807) is 62.8 Å². The maximum atomic E-state index is 13.0. The van der Waals surface area contributed by atoms with Gasteiger partial charge in [-0.15, -0.1) is 0 Å². The van der Waals surface area contributed by atoms with E-state index in [0.29, 0.717) is 22.6 Å². The van der Waals surface area contributed by atoms with Crippen molar-refractivity contribution in [3.05, 3.63) is 95.1 Å². The lowest BCUT2D eigenvalue weighted by Crippen LogP contribution is -2.39. The summed E-state index contributed by atoms with van der Waals surface area (Å²) >= 11 is 0. The summed E-state index contributed by atoms with van der Waals surface area (Å²) in [7, 11) is 3.09. The molecule has 3 aromatic rings. The molecule has 1 fully saturated rings. The lowest BCUT2D eigenvalue weighted by Gasteiger charge is -2.32. The number of rotatable bonds is 6. The largest absolute Gasteiger partial charge is 0.497 e. The minimum Gasteiger partial charge on any atom is -0.497 e. The van der Waals surface area contributed by atoms with Crippen LogP contribution >= 0.6 is 0 Å². The summed E-state index contributed by atoms with van der Waals surface area (Å²) in [5.74, 6) is 0.165. The van der Waals surface area contributed by atoms with E-state index in [4.69, 9.17) is 18.9 Å². The van der Waals surface area contributed by atoms with Crippen molar-refractivity contribution >= 4 is 11.9 Å². The Labute approximate surface area is 192 Å². The Kier molecular flexibility index (Phi) is 5.50. The normalized spacial score (nSPS) is 22.4. The zero-order valence-corrected chi connectivity index (χ0v) is 18.4. The Hall–Kier alpha value is -3.80. The Morgan fingerprint density at radius 1 is 0.667 bits per heavy atom. The molecule has 168 valence electrons. The van der Waals surface area contributed by atoms with Gasteiger partial charge in [-0.05, 0) is 53.9 Å². The average Bonchev–Trinajstić information content (AvgIpc) is 3.41. The van der Waals surface area contributed by atoms with Gasteiger partial charge in [-0.1, -0.05) is 36.4 Å². The highest BCUT2D eigenvalue weighted by molar-refractivity contribution is 5.91. The second kappa shape index (κ2) is 8.62. The van der Waals surface area contributed by atoms with E-state index >= 15 is 0 Å². The third kappa shape index (κ3) is 3.82. The van der Waals surface area contributed by atoms with Crippen molar-refractivity contribution in [2.45, 2.75) is 30.5 Å². The quantitative estimate of drug-likeness (QED) is 0.512. The van der Waals surface area contributed by atoms with E-state index in [1.807, 2.05) is 12.1 Å². The summed E-state index contributed by atoms with van der Waals surface area (Å²) in [6.45, 7) is 0. The first kappa shape index (κ1) is 21.1. The average molecular weight is 444 g/mol. The minimum atomic E-state index is -0.571. The van der Waals surface area contributed by atoms with E-state index in [0.717, 1.165) is 17.5 Å². The molecule has 2 unspecified atom stereocenters. The first-order valence-electron chi connectivity index (χ1n) is 10.9. The van der Waals surface area contributed by atoms with Crippen LogP contribution in [0.25, 0.3) is 0 Å². The number of carbonyl (C=O) groups excluding carboxylic acids is 2. The first-order valence-corrected chi connectivity index (χ1v) is 10.9. The van der Waals surface area contributed by atoms with Crippen LogP contribution in [0, 0.1) is 0 Å². The monoisotopic (exact) mass is 444 g/mol. The van der Waals surface area contributed by atoms with Crippen LogP contribution in [0.15, 0.2) is 72.8 Å².